The Morgan fingerprint density at radius 1 is 1.15 bits per heavy atom. The van der Waals surface area contributed by atoms with Crippen molar-refractivity contribution in [1.82, 2.24) is 10.2 Å². The van der Waals surface area contributed by atoms with Crippen LogP contribution in [0.3, 0.4) is 0 Å². The Morgan fingerprint density at radius 2 is 1.81 bits per heavy atom. The highest BCUT2D eigenvalue weighted by molar-refractivity contribution is 7.12. The van der Waals surface area contributed by atoms with Gasteiger partial charge in [0.2, 0.25) is 5.91 Å². The van der Waals surface area contributed by atoms with E-state index in [0.29, 0.717) is 24.1 Å². The smallest absolute Gasteiger partial charge is 0.261 e. The summed E-state index contributed by atoms with van der Waals surface area (Å²) in [7, 11) is 1.62. The molecule has 1 atom stereocenters. The predicted molar refractivity (Wildman–Crippen MR) is 103 cm³/mol. The van der Waals surface area contributed by atoms with Gasteiger partial charge in [0.15, 0.2) is 0 Å². The van der Waals surface area contributed by atoms with E-state index in [9.17, 15) is 14.4 Å². The zero-order valence-corrected chi connectivity index (χ0v) is 16.2. The Morgan fingerprint density at radius 3 is 2.37 bits per heavy atom. The number of nitrogens with zero attached hydrogens (tertiary/aromatic N) is 1. The third-order valence-corrected chi connectivity index (χ3v) is 5.60. The number of carbonyl (C=O) groups is 3. The highest BCUT2D eigenvalue weighted by atomic mass is 32.1. The van der Waals surface area contributed by atoms with Crippen LogP contribution in [0.2, 0.25) is 0 Å². The van der Waals surface area contributed by atoms with Gasteiger partial charge in [-0.15, -0.1) is 11.3 Å². The van der Waals surface area contributed by atoms with Crippen molar-refractivity contribution in [3.05, 3.63) is 57.3 Å². The quantitative estimate of drug-likeness (QED) is 0.708. The topological polar surface area (TPSA) is 75.7 Å². The Hall–Kier alpha value is -2.51. The van der Waals surface area contributed by atoms with Crippen LogP contribution < -0.4 is 5.32 Å². The van der Waals surface area contributed by atoms with E-state index >= 15 is 0 Å². The summed E-state index contributed by atoms with van der Waals surface area (Å²) in [5.41, 5.74) is 0.863. The average Bonchev–Trinajstić information content (AvgIpc) is 3.20. The minimum Gasteiger partial charge on any atom is -0.374 e. The molecule has 2 aromatic rings. The van der Waals surface area contributed by atoms with Crippen LogP contribution in [-0.4, -0.2) is 42.8 Å². The molecule has 0 bridgehead atoms. The molecule has 0 radical (unpaired) electrons. The zero-order valence-electron chi connectivity index (χ0n) is 15.4. The molecule has 0 saturated heterocycles. The second-order valence-electron chi connectivity index (χ2n) is 6.39. The minimum absolute atomic E-state index is 0.123. The van der Waals surface area contributed by atoms with E-state index in [0.717, 1.165) is 4.88 Å². The molecule has 0 saturated carbocycles. The first kappa shape index (κ1) is 19.3. The maximum Gasteiger partial charge on any atom is 0.261 e. The fraction of sp³-hybridized carbons (Fsp3) is 0.350. The largest absolute Gasteiger partial charge is 0.374 e. The van der Waals surface area contributed by atoms with Crippen molar-refractivity contribution in [2.24, 2.45) is 0 Å². The van der Waals surface area contributed by atoms with E-state index in [4.69, 9.17) is 4.74 Å². The van der Waals surface area contributed by atoms with Gasteiger partial charge >= 0.3 is 0 Å². The summed E-state index contributed by atoms with van der Waals surface area (Å²) in [6.07, 6.45) is 0.490. The summed E-state index contributed by atoms with van der Waals surface area (Å²) in [5, 5.41) is 2.86. The van der Waals surface area contributed by atoms with Crippen LogP contribution in [0.1, 0.15) is 49.4 Å². The van der Waals surface area contributed by atoms with Crippen molar-refractivity contribution < 1.29 is 19.1 Å². The number of thiophene rings is 1. The molecule has 3 amide bonds. The standard InChI is InChI=1S/C20H22N2O4S/c1-13-9-10-17(27-13)16(26-2)12-21-18(23)8-5-11-22-19(24)14-6-3-4-7-15(14)20(22)25/h3-4,6-7,9-10,16H,5,8,11-12H2,1-2H3,(H,21,23). The molecule has 0 fully saturated rings. The molecule has 7 heteroatoms. The van der Waals surface area contributed by atoms with Crippen molar-refractivity contribution in [1.29, 1.82) is 0 Å². The Bertz CT molecular complexity index is 826. The number of methoxy groups -OCH3 is 1. The van der Waals surface area contributed by atoms with Crippen LogP contribution in [0, 0.1) is 6.92 Å². The van der Waals surface area contributed by atoms with Crippen molar-refractivity contribution in [3.8, 4) is 0 Å². The highest BCUT2D eigenvalue weighted by Gasteiger charge is 2.34. The Balaban J connectivity index is 1.45. The number of imide groups is 1. The van der Waals surface area contributed by atoms with E-state index in [1.165, 1.54) is 9.78 Å². The van der Waals surface area contributed by atoms with Crippen molar-refractivity contribution in [3.63, 3.8) is 0 Å². The van der Waals surface area contributed by atoms with Gasteiger partial charge < -0.3 is 10.1 Å². The monoisotopic (exact) mass is 386 g/mol. The zero-order chi connectivity index (χ0) is 19.4. The maximum absolute atomic E-state index is 12.3. The normalized spacial score (nSPS) is 14.4. The lowest BCUT2D eigenvalue weighted by Gasteiger charge is -2.16. The number of hydrogen-bond acceptors (Lipinski definition) is 5. The van der Waals surface area contributed by atoms with Gasteiger partial charge in [-0.2, -0.15) is 0 Å². The van der Waals surface area contributed by atoms with Crippen molar-refractivity contribution in [2.75, 3.05) is 20.2 Å². The van der Waals surface area contributed by atoms with Crippen LogP contribution in [-0.2, 0) is 9.53 Å². The molecule has 142 valence electrons. The summed E-state index contributed by atoms with van der Waals surface area (Å²) in [6.45, 7) is 2.65. The van der Waals surface area contributed by atoms with E-state index in [-0.39, 0.29) is 36.8 Å². The number of hydrogen-bond donors (Lipinski definition) is 1. The summed E-state index contributed by atoms with van der Waals surface area (Å²) in [5.74, 6) is -0.700. The number of aryl methyl sites for hydroxylation is 1. The Kier molecular flexibility index (Phi) is 6.03. The third-order valence-electron chi connectivity index (χ3n) is 4.51. The molecule has 1 aromatic carbocycles. The molecule has 2 heterocycles. The average molecular weight is 386 g/mol. The summed E-state index contributed by atoms with van der Waals surface area (Å²) >= 11 is 1.64. The van der Waals surface area contributed by atoms with Gasteiger partial charge in [0, 0.05) is 36.4 Å². The molecule has 3 rings (SSSR count). The Labute approximate surface area is 162 Å². The second-order valence-corrected chi connectivity index (χ2v) is 7.71. The first-order chi connectivity index (χ1) is 13.0. The molecule has 1 unspecified atom stereocenters. The van der Waals surface area contributed by atoms with E-state index < -0.39 is 0 Å². The summed E-state index contributed by atoms with van der Waals surface area (Å²) in [6, 6.07) is 10.8. The predicted octanol–water partition coefficient (Wildman–Crippen LogP) is 2.94. The lowest BCUT2D eigenvalue weighted by atomic mass is 10.1. The van der Waals surface area contributed by atoms with E-state index in [2.05, 4.69) is 5.32 Å². The maximum atomic E-state index is 12.3. The number of nitrogens with one attached hydrogen (secondary N) is 1. The number of amides is 3. The number of benzene rings is 1. The van der Waals surface area contributed by atoms with Gasteiger partial charge in [0.05, 0.1) is 11.1 Å². The number of rotatable bonds is 8. The highest BCUT2D eigenvalue weighted by Crippen LogP contribution is 2.25. The second kappa shape index (κ2) is 8.45. The van der Waals surface area contributed by atoms with E-state index in [1.807, 2.05) is 19.1 Å². The fourth-order valence-corrected chi connectivity index (χ4v) is 4.02. The van der Waals surface area contributed by atoms with Crippen LogP contribution in [0.4, 0.5) is 0 Å². The van der Waals surface area contributed by atoms with Gasteiger partial charge in [-0.3, -0.25) is 19.3 Å². The molecule has 1 aliphatic heterocycles. The lowest BCUT2D eigenvalue weighted by molar-refractivity contribution is -0.121. The molecule has 0 spiro atoms. The number of ether oxygens (including phenoxy) is 1. The molecule has 0 aliphatic carbocycles. The van der Waals surface area contributed by atoms with Crippen LogP contribution in [0.25, 0.3) is 0 Å². The van der Waals surface area contributed by atoms with Gasteiger partial charge in [0.1, 0.15) is 6.10 Å². The van der Waals surface area contributed by atoms with Gasteiger partial charge in [-0.1, -0.05) is 12.1 Å². The SMILES string of the molecule is COC(CNC(=O)CCCN1C(=O)c2ccccc2C1=O)c1ccc(C)s1. The molecular weight excluding hydrogens is 364 g/mol. The summed E-state index contributed by atoms with van der Waals surface area (Å²) in [4.78, 5) is 40.2. The molecule has 1 aromatic heterocycles. The molecule has 1 N–H and O–H groups in total. The number of fused-ring (bicyclic) bond motifs is 1. The molecule has 27 heavy (non-hydrogen) atoms. The van der Waals surface area contributed by atoms with Crippen molar-refractivity contribution >= 4 is 29.1 Å². The van der Waals surface area contributed by atoms with E-state index in [1.54, 1.807) is 42.7 Å². The first-order valence-corrected chi connectivity index (χ1v) is 9.64. The molecule has 1 aliphatic rings. The summed E-state index contributed by atoms with van der Waals surface area (Å²) < 4.78 is 5.45. The molecule has 6 nitrogen and oxygen atoms in total. The van der Waals surface area contributed by atoms with Gasteiger partial charge in [0.25, 0.3) is 11.8 Å². The third kappa shape index (κ3) is 4.26. The minimum atomic E-state index is -0.288. The lowest BCUT2D eigenvalue weighted by Crippen LogP contribution is -2.33. The van der Waals surface area contributed by atoms with Gasteiger partial charge in [-0.25, -0.2) is 0 Å². The molecular formula is C20H22N2O4S. The fourth-order valence-electron chi connectivity index (χ4n) is 3.06. The van der Waals surface area contributed by atoms with Crippen LogP contribution in [0.5, 0.6) is 0 Å². The van der Waals surface area contributed by atoms with Gasteiger partial charge in [-0.05, 0) is 37.6 Å². The van der Waals surface area contributed by atoms with Crippen LogP contribution >= 0.6 is 11.3 Å². The van der Waals surface area contributed by atoms with Crippen molar-refractivity contribution in [2.45, 2.75) is 25.9 Å². The first-order valence-electron chi connectivity index (χ1n) is 8.82. The van der Waals surface area contributed by atoms with Crippen LogP contribution in [0.15, 0.2) is 36.4 Å². The number of carbonyl (C=O) groups excluding carboxylic acids is 3.